The van der Waals surface area contributed by atoms with Crippen molar-refractivity contribution < 1.29 is 34.6 Å². The van der Waals surface area contributed by atoms with Gasteiger partial charge in [0, 0.05) is 0 Å². The zero-order valence-electron chi connectivity index (χ0n) is 20.8. The Morgan fingerprint density at radius 3 is 2.68 bits per heavy atom. The number of hydrogen-bond donors (Lipinski definition) is 1. The van der Waals surface area contributed by atoms with Crippen LogP contribution in [-0.2, 0) is 10.0 Å². The number of nitrogens with one attached hydrogen (secondary N) is 1. The molecule has 1 aliphatic rings. The number of hydrogen-bond acceptors (Lipinski definition) is 8. The number of nitrogens with zero attached hydrogens (tertiary/aromatic N) is 6. The SMILES string of the molecule is CCCCCS(=O)(=O)n1cc(-c2cccc3nc(Nc4ccc(OC[I-]N5CCCC5)cc4)nn23)cn1. The fourth-order valence-corrected chi connectivity index (χ4v) is 7.59. The number of aromatic nitrogens is 5. The minimum Gasteiger partial charge on any atom is -0.166 e. The predicted molar refractivity (Wildman–Crippen MR) is 139 cm³/mol. The van der Waals surface area contributed by atoms with Crippen LogP contribution in [0.15, 0.2) is 54.9 Å². The van der Waals surface area contributed by atoms with E-state index in [2.05, 4.69) is 23.6 Å². The van der Waals surface area contributed by atoms with Crippen LogP contribution in [0.5, 0.6) is 5.75 Å². The second-order valence-corrected chi connectivity index (χ2v) is 13.5. The molecule has 4 heterocycles. The van der Waals surface area contributed by atoms with Crippen molar-refractivity contribution >= 4 is 27.3 Å². The molecule has 0 unspecified atom stereocenters. The quantitative estimate of drug-likeness (QED) is 0.107. The molecule has 1 fully saturated rings. The van der Waals surface area contributed by atoms with Crippen LogP contribution >= 0.6 is 0 Å². The number of benzene rings is 1. The van der Waals surface area contributed by atoms with E-state index >= 15 is 0 Å². The Balaban J connectivity index is 1.26. The van der Waals surface area contributed by atoms with E-state index in [1.54, 1.807) is 10.7 Å². The third kappa shape index (κ3) is 6.41. The smallest absolute Gasteiger partial charge is 0.0596 e. The van der Waals surface area contributed by atoms with Gasteiger partial charge in [0.05, 0.1) is 18.1 Å². The molecule has 198 valence electrons. The Hall–Kier alpha value is -2.71. The Morgan fingerprint density at radius 1 is 1.08 bits per heavy atom. The largest absolute Gasteiger partial charge is 0.166 e. The fourth-order valence-electron chi connectivity index (χ4n) is 4.11. The van der Waals surface area contributed by atoms with Gasteiger partial charge in [0.1, 0.15) is 0 Å². The molecule has 1 aromatic carbocycles. The van der Waals surface area contributed by atoms with Crippen LogP contribution in [0.1, 0.15) is 39.0 Å². The summed E-state index contributed by atoms with van der Waals surface area (Å²) in [5, 5.41) is 12.0. The number of pyridine rings is 1. The molecule has 12 heteroatoms. The standard InChI is InChI=1S/C25H31IN7O3S/c1-2-3-6-16-37(34,35)32-18-20(17-27-32)23-8-7-9-24-29-25(30-33(23)24)28-21-10-12-22(13-11-21)36-19-26-31-14-4-5-15-31/h7-13,17-18H,2-6,14-16,19H2,1H3,(H,28,30)/q-1. The summed E-state index contributed by atoms with van der Waals surface area (Å²) in [4.78, 5) is 4.58. The van der Waals surface area contributed by atoms with Crippen molar-refractivity contribution in [1.82, 2.24) is 26.9 Å². The Bertz CT molecular complexity index is 1430. The second-order valence-electron chi connectivity index (χ2n) is 8.88. The number of unbranched alkanes of at least 4 members (excludes halogenated alkanes) is 2. The first-order valence-corrected chi connectivity index (χ1v) is 16.6. The molecule has 0 bridgehead atoms. The molecular weight excluding hydrogens is 605 g/mol. The van der Waals surface area contributed by atoms with Gasteiger partial charge in [0.15, 0.2) is 0 Å². The summed E-state index contributed by atoms with van der Waals surface area (Å²) in [7, 11) is -3.49. The van der Waals surface area contributed by atoms with Gasteiger partial charge >= 0.3 is 157 Å². The molecule has 37 heavy (non-hydrogen) atoms. The molecule has 0 amide bonds. The number of alkyl halides is 1. The predicted octanol–water partition coefficient (Wildman–Crippen LogP) is 1.14. The molecule has 0 aliphatic carbocycles. The van der Waals surface area contributed by atoms with Gasteiger partial charge < -0.3 is 0 Å². The second kappa shape index (κ2) is 11.8. The van der Waals surface area contributed by atoms with E-state index in [-0.39, 0.29) is 27.2 Å². The Kier molecular flexibility index (Phi) is 8.25. The average Bonchev–Trinajstić information content (AvgIpc) is 3.66. The Morgan fingerprint density at radius 2 is 1.89 bits per heavy atom. The minimum atomic E-state index is -3.49. The van der Waals surface area contributed by atoms with Crippen molar-refractivity contribution in [3.63, 3.8) is 0 Å². The molecule has 10 nitrogen and oxygen atoms in total. The van der Waals surface area contributed by atoms with E-state index < -0.39 is 10.0 Å². The number of anilines is 2. The summed E-state index contributed by atoms with van der Waals surface area (Å²) in [6.45, 7) is 4.48. The van der Waals surface area contributed by atoms with Crippen molar-refractivity contribution in [2.75, 3.05) is 28.8 Å². The molecule has 5 rings (SSSR count). The van der Waals surface area contributed by atoms with Crippen molar-refractivity contribution in [2.24, 2.45) is 0 Å². The van der Waals surface area contributed by atoms with Gasteiger partial charge in [0.25, 0.3) is 10.0 Å². The third-order valence-corrected chi connectivity index (χ3v) is 10.2. The van der Waals surface area contributed by atoms with Gasteiger partial charge in [-0.15, -0.1) is 0 Å². The maximum absolute atomic E-state index is 12.6. The van der Waals surface area contributed by atoms with E-state index in [4.69, 9.17) is 4.74 Å². The molecule has 4 aromatic rings. The van der Waals surface area contributed by atoms with Crippen molar-refractivity contribution in [2.45, 2.75) is 39.0 Å². The molecule has 3 aromatic heterocycles. The van der Waals surface area contributed by atoms with Gasteiger partial charge in [-0.2, -0.15) is 9.19 Å². The summed E-state index contributed by atoms with van der Waals surface area (Å²) in [6.07, 6.45) is 8.15. The third-order valence-electron chi connectivity index (χ3n) is 6.11. The van der Waals surface area contributed by atoms with E-state index in [1.165, 1.54) is 32.1 Å². The van der Waals surface area contributed by atoms with Gasteiger partial charge in [-0.3, -0.25) is 0 Å². The fraction of sp³-hybridized carbons (Fsp3) is 0.400. The maximum Gasteiger partial charge on any atom is 0.0596 e. The zero-order chi connectivity index (χ0) is 25.7. The number of rotatable bonds is 12. The molecule has 1 N–H and O–H groups in total. The summed E-state index contributed by atoms with van der Waals surface area (Å²) < 4.78 is 37.2. The molecule has 0 atom stereocenters. The normalized spacial score (nSPS) is 14.5. The van der Waals surface area contributed by atoms with Crippen molar-refractivity contribution in [3.05, 3.63) is 54.9 Å². The van der Waals surface area contributed by atoms with Gasteiger partial charge in [-0.05, 0) is 6.42 Å². The first-order valence-electron chi connectivity index (χ1n) is 12.5. The monoisotopic (exact) mass is 636 g/mol. The molecular formula is C25H31IN7O3S-. The minimum absolute atomic E-state index is 0.0639. The van der Waals surface area contributed by atoms with Gasteiger partial charge in [-0.25, -0.2) is 8.42 Å². The first-order chi connectivity index (χ1) is 18.0. The van der Waals surface area contributed by atoms with Gasteiger partial charge in [-0.1, -0.05) is 19.8 Å². The summed E-state index contributed by atoms with van der Waals surface area (Å²) >= 11 is -0.0639. The summed E-state index contributed by atoms with van der Waals surface area (Å²) in [5.74, 6) is 1.38. The van der Waals surface area contributed by atoms with Crippen LogP contribution in [0.4, 0.5) is 11.6 Å². The number of ether oxygens (including phenoxy) is 1. The zero-order valence-corrected chi connectivity index (χ0v) is 23.7. The Labute approximate surface area is 227 Å². The molecule has 0 radical (unpaired) electrons. The van der Waals surface area contributed by atoms with Crippen molar-refractivity contribution in [3.8, 4) is 17.0 Å². The maximum atomic E-state index is 12.6. The topological polar surface area (TPSA) is 107 Å². The summed E-state index contributed by atoms with van der Waals surface area (Å²) in [5.41, 5.74) is 2.85. The molecule has 1 saturated heterocycles. The van der Waals surface area contributed by atoms with E-state index in [1.807, 2.05) is 49.4 Å². The van der Waals surface area contributed by atoms with Crippen molar-refractivity contribution in [1.29, 1.82) is 0 Å². The number of fused-ring (bicyclic) bond motifs is 1. The molecule has 0 saturated carbocycles. The molecule has 1 aliphatic heterocycles. The van der Waals surface area contributed by atoms with Crippen LogP contribution < -0.4 is 31.5 Å². The van der Waals surface area contributed by atoms with Crippen LogP contribution in [0.25, 0.3) is 16.9 Å². The summed E-state index contributed by atoms with van der Waals surface area (Å²) in [6, 6.07) is 13.4. The van der Waals surface area contributed by atoms with Gasteiger partial charge in [0.2, 0.25) is 0 Å². The van der Waals surface area contributed by atoms with Crippen LogP contribution in [-0.4, -0.2) is 58.8 Å². The van der Waals surface area contributed by atoms with E-state index in [9.17, 15) is 8.42 Å². The average molecular weight is 637 g/mol. The van der Waals surface area contributed by atoms with Crippen LogP contribution in [0.2, 0.25) is 0 Å². The van der Waals surface area contributed by atoms with E-state index in [0.29, 0.717) is 29.3 Å². The first kappa shape index (κ1) is 25.9. The van der Waals surface area contributed by atoms with Crippen LogP contribution in [0.3, 0.4) is 0 Å². The van der Waals surface area contributed by atoms with E-state index in [0.717, 1.165) is 33.0 Å². The number of halogens is 1. The molecule has 0 spiro atoms. The van der Waals surface area contributed by atoms with Crippen LogP contribution in [0, 0.1) is 0 Å².